The molecule has 0 aliphatic carbocycles. The van der Waals surface area contributed by atoms with E-state index in [9.17, 15) is 4.79 Å². The highest BCUT2D eigenvalue weighted by molar-refractivity contribution is 5.94. The highest BCUT2D eigenvalue weighted by Gasteiger charge is 2.22. The lowest BCUT2D eigenvalue weighted by atomic mass is 9.99. The second-order valence-electron chi connectivity index (χ2n) is 5.45. The number of benzene rings is 1. The van der Waals surface area contributed by atoms with Gasteiger partial charge in [0, 0.05) is 36.4 Å². The summed E-state index contributed by atoms with van der Waals surface area (Å²) in [5, 5.41) is 6.36. The Morgan fingerprint density at radius 3 is 2.90 bits per heavy atom. The number of hydrogen-bond donors (Lipinski definition) is 2. The van der Waals surface area contributed by atoms with Crippen LogP contribution in [0.1, 0.15) is 36.2 Å². The first kappa shape index (κ1) is 14.9. The average molecular weight is 276 g/mol. The van der Waals surface area contributed by atoms with E-state index < -0.39 is 0 Å². The van der Waals surface area contributed by atoms with Crippen LogP contribution in [-0.4, -0.2) is 31.7 Å². The molecule has 1 amide bonds. The van der Waals surface area contributed by atoms with Crippen LogP contribution in [-0.2, 0) is 4.74 Å². The maximum Gasteiger partial charge on any atom is 0.251 e. The monoisotopic (exact) mass is 276 g/mol. The predicted molar refractivity (Wildman–Crippen MR) is 81.2 cm³/mol. The molecule has 1 saturated heterocycles. The second kappa shape index (κ2) is 6.75. The molecule has 0 spiro atoms. The van der Waals surface area contributed by atoms with Crippen molar-refractivity contribution in [3.63, 3.8) is 0 Å². The van der Waals surface area contributed by atoms with Gasteiger partial charge in [-0.3, -0.25) is 4.79 Å². The van der Waals surface area contributed by atoms with E-state index in [0.717, 1.165) is 30.9 Å². The Kier molecular flexibility index (Phi) is 5.01. The molecule has 1 aliphatic heterocycles. The SMILES string of the molecule is CCNC(=O)c1ccc(NC(C)C2CCOC2)c(C)c1. The van der Waals surface area contributed by atoms with E-state index >= 15 is 0 Å². The fourth-order valence-corrected chi connectivity index (χ4v) is 2.54. The molecule has 0 radical (unpaired) electrons. The maximum absolute atomic E-state index is 11.8. The van der Waals surface area contributed by atoms with Gasteiger partial charge >= 0.3 is 0 Å². The van der Waals surface area contributed by atoms with Crippen molar-refractivity contribution >= 4 is 11.6 Å². The first-order chi connectivity index (χ1) is 9.61. The molecule has 4 nitrogen and oxygen atoms in total. The minimum absolute atomic E-state index is 0.0145. The van der Waals surface area contributed by atoms with E-state index in [0.29, 0.717) is 24.1 Å². The molecular formula is C16H24N2O2. The number of anilines is 1. The van der Waals surface area contributed by atoms with Crippen LogP contribution in [0.25, 0.3) is 0 Å². The molecule has 2 atom stereocenters. The Balaban J connectivity index is 2.03. The third-order valence-electron chi connectivity index (χ3n) is 3.88. The lowest BCUT2D eigenvalue weighted by Gasteiger charge is -2.22. The fraction of sp³-hybridized carbons (Fsp3) is 0.562. The average Bonchev–Trinajstić information content (AvgIpc) is 2.95. The number of amides is 1. The van der Waals surface area contributed by atoms with E-state index in [1.54, 1.807) is 0 Å². The van der Waals surface area contributed by atoms with Crippen LogP contribution < -0.4 is 10.6 Å². The first-order valence-electron chi connectivity index (χ1n) is 7.35. The number of aryl methyl sites for hydroxylation is 1. The van der Waals surface area contributed by atoms with E-state index in [2.05, 4.69) is 17.6 Å². The summed E-state index contributed by atoms with van der Waals surface area (Å²) in [5.41, 5.74) is 2.91. The van der Waals surface area contributed by atoms with Gasteiger partial charge in [-0.25, -0.2) is 0 Å². The number of carbonyl (C=O) groups is 1. The van der Waals surface area contributed by atoms with Gasteiger partial charge in [-0.15, -0.1) is 0 Å². The van der Waals surface area contributed by atoms with E-state index in [1.165, 1.54) is 0 Å². The Hall–Kier alpha value is -1.55. The van der Waals surface area contributed by atoms with E-state index in [-0.39, 0.29) is 5.91 Å². The van der Waals surface area contributed by atoms with Crippen LogP contribution in [0.15, 0.2) is 18.2 Å². The third-order valence-corrected chi connectivity index (χ3v) is 3.88. The van der Waals surface area contributed by atoms with E-state index in [4.69, 9.17) is 4.74 Å². The summed E-state index contributed by atoms with van der Waals surface area (Å²) in [6.07, 6.45) is 1.12. The molecule has 1 aromatic carbocycles. The molecule has 110 valence electrons. The summed E-state index contributed by atoms with van der Waals surface area (Å²) in [4.78, 5) is 11.8. The zero-order valence-corrected chi connectivity index (χ0v) is 12.5. The first-order valence-corrected chi connectivity index (χ1v) is 7.35. The minimum Gasteiger partial charge on any atom is -0.382 e. The number of carbonyl (C=O) groups excluding carboxylic acids is 1. The Morgan fingerprint density at radius 1 is 1.50 bits per heavy atom. The molecular weight excluding hydrogens is 252 g/mol. The summed E-state index contributed by atoms with van der Waals surface area (Å²) in [6.45, 7) is 8.50. The van der Waals surface area contributed by atoms with Crippen LogP contribution in [0.2, 0.25) is 0 Å². The van der Waals surface area contributed by atoms with Gasteiger partial charge in [0.2, 0.25) is 0 Å². The highest BCUT2D eigenvalue weighted by Crippen LogP contribution is 2.23. The standard InChI is InChI=1S/C16H24N2O2/c1-4-17-16(19)13-5-6-15(11(2)9-13)18-12(3)14-7-8-20-10-14/h5-6,9,12,14,18H,4,7-8,10H2,1-3H3,(H,17,19). The van der Waals surface area contributed by atoms with Crippen molar-refractivity contribution in [3.05, 3.63) is 29.3 Å². The van der Waals surface area contributed by atoms with Gasteiger partial charge < -0.3 is 15.4 Å². The normalized spacial score (nSPS) is 19.6. The lowest BCUT2D eigenvalue weighted by molar-refractivity contribution is 0.0956. The summed E-state index contributed by atoms with van der Waals surface area (Å²) in [6, 6.07) is 6.18. The van der Waals surface area contributed by atoms with Crippen LogP contribution in [0.3, 0.4) is 0 Å². The van der Waals surface area contributed by atoms with Crippen molar-refractivity contribution in [2.75, 3.05) is 25.1 Å². The molecule has 1 aliphatic rings. The van der Waals surface area contributed by atoms with Crippen LogP contribution in [0.5, 0.6) is 0 Å². The number of rotatable bonds is 5. The molecule has 0 saturated carbocycles. The van der Waals surface area contributed by atoms with Crippen molar-refractivity contribution in [1.82, 2.24) is 5.32 Å². The molecule has 0 bridgehead atoms. The maximum atomic E-state index is 11.8. The van der Waals surface area contributed by atoms with Gasteiger partial charge in [-0.05, 0) is 51.0 Å². The van der Waals surface area contributed by atoms with Crippen molar-refractivity contribution in [2.45, 2.75) is 33.2 Å². The molecule has 2 N–H and O–H groups in total. The third kappa shape index (κ3) is 3.51. The summed E-state index contributed by atoms with van der Waals surface area (Å²) >= 11 is 0. The van der Waals surface area contributed by atoms with Crippen LogP contribution >= 0.6 is 0 Å². The zero-order chi connectivity index (χ0) is 14.5. The van der Waals surface area contributed by atoms with Crippen molar-refractivity contribution in [3.8, 4) is 0 Å². The zero-order valence-electron chi connectivity index (χ0n) is 12.5. The number of ether oxygens (including phenoxy) is 1. The smallest absolute Gasteiger partial charge is 0.251 e. The Labute approximate surface area is 120 Å². The summed E-state index contributed by atoms with van der Waals surface area (Å²) in [7, 11) is 0. The predicted octanol–water partition coefficient (Wildman–Crippen LogP) is 2.58. The van der Waals surface area contributed by atoms with Crippen molar-refractivity contribution < 1.29 is 9.53 Å². The highest BCUT2D eigenvalue weighted by atomic mass is 16.5. The van der Waals surface area contributed by atoms with Gasteiger partial charge in [-0.1, -0.05) is 0 Å². The van der Waals surface area contributed by atoms with Crippen LogP contribution in [0, 0.1) is 12.8 Å². The topological polar surface area (TPSA) is 50.4 Å². The quantitative estimate of drug-likeness (QED) is 0.869. The molecule has 2 unspecified atom stereocenters. The Morgan fingerprint density at radius 2 is 2.30 bits per heavy atom. The van der Waals surface area contributed by atoms with Gasteiger partial charge in [0.15, 0.2) is 0 Å². The molecule has 1 aromatic rings. The van der Waals surface area contributed by atoms with Gasteiger partial charge in [0.05, 0.1) is 6.61 Å². The van der Waals surface area contributed by atoms with Crippen molar-refractivity contribution in [2.24, 2.45) is 5.92 Å². The molecule has 20 heavy (non-hydrogen) atoms. The van der Waals surface area contributed by atoms with Gasteiger partial charge in [-0.2, -0.15) is 0 Å². The fourth-order valence-electron chi connectivity index (χ4n) is 2.54. The number of hydrogen-bond acceptors (Lipinski definition) is 3. The van der Waals surface area contributed by atoms with Crippen molar-refractivity contribution in [1.29, 1.82) is 0 Å². The molecule has 4 heteroatoms. The molecule has 1 heterocycles. The lowest BCUT2D eigenvalue weighted by Crippen LogP contribution is -2.27. The number of nitrogens with one attached hydrogen (secondary N) is 2. The minimum atomic E-state index is -0.0145. The summed E-state index contributed by atoms with van der Waals surface area (Å²) in [5.74, 6) is 0.553. The summed E-state index contributed by atoms with van der Waals surface area (Å²) < 4.78 is 5.43. The van der Waals surface area contributed by atoms with E-state index in [1.807, 2.05) is 32.0 Å². The second-order valence-corrected chi connectivity index (χ2v) is 5.45. The Bertz CT molecular complexity index is 468. The van der Waals surface area contributed by atoms with Gasteiger partial charge in [0.25, 0.3) is 5.91 Å². The molecule has 1 fully saturated rings. The van der Waals surface area contributed by atoms with Gasteiger partial charge in [0.1, 0.15) is 0 Å². The molecule has 0 aromatic heterocycles. The molecule has 2 rings (SSSR count). The largest absolute Gasteiger partial charge is 0.382 e. The van der Waals surface area contributed by atoms with Crippen LogP contribution in [0.4, 0.5) is 5.69 Å².